The molecule has 0 unspecified atom stereocenters. The highest BCUT2D eigenvalue weighted by molar-refractivity contribution is 14.0. The zero-order chi connectivity index (χ0) is 15.4. The molecule has 128 valence electrons. The number of hydrogen-bond acceptors (Lipinski definition) is 3. The van der Waals surface area contributed by atoms with Crippen LogP contribution in [0.2, 0.25) is 0 Å². The maximum absolute atomic E-state index is 13.7. The fourth-order valence-electron chi connectivity index (χ4n) is 3.03. The molecule has 0 spiro atoms. The predicted molar refractivity (Wildman–Crippen MR) is 97.7 cm³/mol. The summed E-state index contributed by atoms with van der Waals surface area (Å²) < 4.78 is 24.4. The standard InChI is InChI=1S/C16H22FN3O2.HI/c1-18-16(20-14-4-2-3-5-14)19-8-11-6-13(17)7-12-9-21-10-22-15(11)12;/h6-7,14H,2-5,8-10H2,1H3,(H2,18,19,20);1H. The van der Waals surface area contributed by atoms with E-state index in [0.29, 0.717) is 19.2 Å². The first-order valence-electron chi connectivity index (χ1n) is 7.75. The van der Waals surface area contributed by atoms with Gasteiger partial charge in [-0.2, -0.15) is 0 Å². The van der Waals surface area contributed by atoms with Gasteiger partial charge in [-0.15, -0.1) is 24.0 Å². The molecule has 2 aliphatic rings. The van der Waals surface area contributed by atoms with E-state index in [0.717, 1.165) is 22.8 Å². The van der Waals surface area contributed by atoms with Crippen LogP contribution in [0.5, 0.6) is 5.75 Å². The number of rotatable bonds is 3. The van der Waals surface area contributed by atoms with Crippen LogP contribution in [0.3, 0.4) is 0 Å². The van der Waals surface area contributed by atoms with Gasteiger partial charge >= 0.3 is 0 Å². The lowest BCUT2D eigenvalue weighted by Gasteiger charge is -2.22. The molecule has 1 heterocycles. The predicted octanol–water partition coefficient (Wildman–Crippen LogP) is 2.92. The lowest BCUT2D eigenvalue weighted by Crippen LogP contribution is -2.42. The molecule has 3 rings (SSSR count). The summed E-state index contributed by atoms with van der Waals surface area (Å²) in [6.45, 7) is 1.06. The van der Waals surface area contributed by atoms with Crippen molar-refractivity contribution in [3.8, 4) is 5.75 Å². The van der Waals surface area contributed by atoms with E-state index in [1.807, 2.05) is 0 Å². The molecule has 0 saturated heterocycles. The Morgan fingerprint density at radius 1 is 1.35 bits per heavy atom. The van der Waals surface area contributed by atoms with Crippen molar-refractivity contribution in [2.75, 3.05) is 13.8 Å². The Bertz CT molecular complexity index is 563. The minimum atomic E-state index is -0.275. The zero-order valence-electron chi connectivity index (χ0n) is 13.2. The number of nitrogens with zero attached hydrogens (tertiary/aromatic N) is 1. The highest BCUT2D eigenvalue weighted by atomic mass is 127. The first kappa shape index (κ1) is 18.3. The van der Waals surface area contributed by atoms with E-state index >= 15 is 0 Å². The van der Waals surface area contributed by atoms with Gasteiger partial charge in [0.05, 0.1) is 6.61 Å². The second-order valence-electron chi connectivity index (χ2n) is 5.72. The number of benzene rings is 1. The largest absolute Gasteiger partial charge is 0.467 e. The third-order valence-corrected chi connectivity index (χ3v) is 4.12. The molecule has 1 aromatic rings. The van der Waals surface area contributed by atoms with Gasteiger partial charge in [-0.25, -0.2) is 4.39 Å². The Labute approximate surface area is 153 Å². The minimum Gasteiger partial charge on any atom is -0.467 e. The minimum absolute atomic E-state index is 0. The molecule has 7 heteroatoms. The topological polar surface area (TPSA) is 54.9 Å². The summed E-state index contributed by atoms with van der Waals surface area (Å²) in [4.78, 5) is 4.24. The summed E-state index contributed by atoms with van der Waals surface area (Å²) in [7, 11) is 1.75. The maximum Gasteiger partial charge on any atom is 0.191 e. The van der Waals surface area contributed by atoms with Gasteiger partial charge in [0, 0.05) is 30.8 Å². The average molecular weight is 435 g/mol. The second-order valence-corrected chi connectivity index (χ2v) is 5.72. The van der Waals surface area contributed by atoms with Gasteiger partial charge in [-0.05, 0) is 25.0 Å². The van der Waals surface area contributed by atoms with Crippen LogP contribution >= 0.6 is 24.0 Å². The second kappa shape index (κ2) is 8.68. The summed E-state index contributed by atoms with van der Waals surface area (Å²) in [5, 5.41) is 6.65. The number of ether oxygens (including phenoxy) is 2. The molecular formula is C16H23FIN3O2. The van der Waals surface area contributed by atoms with Gasteiger partial charge in [0.25, 0.3) is 0 Å². The Kier molecular flexibility index (Phi) is 6.88. The summed E-state index contributed by atoms with van der Waals surface area (Å²) in [5.74, 6) is 1.19. The first-order valence-corrected chi connectivity index (χ1v) is 7.75. The van der Waals surface area contributed by atoms with Crippen molar-refractivity contribution in [1.29, 1.82) is 0 Å². The van der Waals surface area contributed by atoms with Crippen LogP contribution < -0.4 is 15.4 Å². The number of guanidine groups is 1. The molecule has 0 amide bonds. The van der Waals surface area contributed by atoms with Crippen molar-refractivity contribution < 1.29 is 13.9 Å². The van der Waals surface area contributed by atoms with Crippen LogP contribution in [0.25, 0.3) is 0 Å². The number of halogens is 2. The van der Waals surface area contributed by atoms with Crippen molar-refractivity contribution in [1.82, 2.24) is 10.6 Å². The molecule has 23 heavy (non-hydrogen) atoms. The number of aliphatic imine (C=N–C) groups is 1. The summed E-state index contributed by atoms with van der Waals surface area (Å²) in [6.07, 6.45) is 4.88. The number of hydrogen-bond donors (Lipinski definition) is 2. The van der Waals surface area contributed by atoms with Crippen LogP contribution in [0.4, 0.5) is 4.39 Å². The van der Waals surface area contributed by atoms with Gasteiger partial charge in [0.2, 0.25) is 0 Å². The van der Waals surface area contributed by atoms with Gasteiger partial charge in [-0.3, -0.25) is 4.99 Å². The van der Waals surface area contributed by atoms with E-state index in [1.165, 1.54) is 37.8 Å². The number of nitrogens with one attached hydrogen (secondary N) is 2. The van der Waals surface area contributed by atoms with Crippen molar-refractivity contribution in [3.63, 3.8) is 0 Å². The first-order chi connectivity index (χ1) is 10.8. The Balaban J connectivity index is 0.00000192. The fraction of sp³-hybridized carbons (Fsp3) is 0.562. The molecule has 2 N–H and O–H groups in total. The van der Waals surface area contributed by atoms with E-state index < -0.39 is 0 Å². The van der Waals surface area contributed by atoms with Crippen LogP contribution in [-0.4, -0.2) is 25.8 Å². The van der Waals surface area contributed by atoms with E-state index in [9.17, 15) is 4.39 Å². The molecule has 0 aromatic heterocycles. The molecule has 1 aromatic carbocycles. The van der Waals surface area contributed by atoms with Crippen molar-refractivity contribution in [2.45, 2.75) is 44.9 Å². The Morgan fingerprint density at radius 3 is 2.87 bits per heavy atom. The molecule has 0 atom stereocenters. The van der Waals surface area contributed by atoms with Gasteiger partial charge in [-0.1, -0.05) is 12.8 Å². The highest BCUT2D eigenvalue weighted by Crippen LogP contribution is 2.29. The normalized spacial score (nSPS) is 17.9. The molecule has 1 aliphatic carbocycles. The third-order valence-electron chi connectivity index (χ3n) is 4.12. The maximum atomic E-state index is 13.7. The summed E-state index contributed by atoms with van der Waals surface area (Å²) in [6, 6.07) is 3.45. The van der Waals surface area contributed by atoms with Crippen LogP contribution in [0, 0.1) is 5.82 Å². The van der Waals surface area contributed by atoms with E-state index in [-0.39, 0.29) is 36.6 Å². The monoisotopic (exact) mass is 435 g/mol. The van der Waals surface area contributed by atoms with Crippen LogP contribution in [0.15, 0.2) is 17.1 Å². The van der Waals surface area contributed by atoms with E-state index in [4.69, 9.17) is 9.47 Å². The molecular weight excluding hydrogens is 412 g/mol. The van der Waals surface area contributed by atoms with E-state index in [1.54, 1.807) is 7.05 Å². The van der Waals surface area contributed by atoms with Gasteiger partial charge < -0.3 is 20.1 Å². The number of fused-ring (bicyclic) bond motifs is 1. The lowest BCUT2D eigenvalue weighted by atomic mass is 10.1. The molecule has 0 bridgehead atoms. The molecule has 0 radical (unpaired) electrons. The van der Waals surface area contributed by atoms with Gasteiger partial charge in [0.1, 0.15) is 11.6 Å². The van der Waals surface area contributed by atoms with Crippen molar-refractivity contribution in [3.05, 3.63) is 29.1 Å². The van der Waals surface area contributed by atoms with Crippen molar-refractivity contribution >= 4 is 29.9 Å². The Hall–Kier alpha value is -1.09. The van der Waals surface area contributed by atoms with E-state index in [2.05, 4.69) is 15.6 Å². The smallest absolute Gasteiger partial charge is 0.191 e. The Morgan fingerprint density at radius 2 is 2.13 bits per heavy atom. The molecule has 1 aliphatic heterocycles. The lowest BCUT2D eigenvalue weighted by molar-refractivity contribution is -0.0172. The quantitative estimate of drug-likeness (QED) is 0.436. The van der Waals surface area contributed by atoms with Crippen LogP contribution in [-0.2, 0) is 17.9 Å². The summed E-state index contributed by atoms with van der Waals surface area (Å²) in [5.41, 5.74) is 1.54. The SMILES string of the molecule is CN=C(NCc1cc(F)cc2c1OCOC2)NC1CCCC1.I. The van der Waals surface area contributed by atoms with Crippen LogP contribution in [0.1, 0.15) is 36.8 Å². The molecule has 1 saturated carbocycles. The third kappa shape index (κ3) is 4.69. The average Bonchev–Trinajstić information content (AvgIpc) is 3.04. The molecule has 1 fully saturated rings. The zero-order valence-corrected chi connectivity index (χ0v) is 15.6. The van der Waals surface area contributed by atoms with Gasteiger partial charge in [0.15, 0.2) is 12.8 Å². The summed E-state index contributed by atoms with van der Waals surface area (Å²) >= 11 is 0. The highest BCUT2D eigenvalue weighted by Gasteiger charge is 2.18. The van der Waals surface area contributed by atoms with Crippen molar-refractivity contribution in [2.24, 2.45) is 4.99 Å². The molecule has 5 nitrogen and oxygen atoms in total. The fourth-order valence-corrected chi connectivity index (χ4v) is 3.03.